The highest BCUT2D eigenvalue weighted by Gasteiger charge is 2.18. The molecule has 0 aliphatic carbocycles. The zero-order valence-corrected chi connectivity index (χ0v) is 7.39. The first kappa shape index (κ1) is 9.57. The third kappa shape index (κ3) is 1.43. The second kappa shape index (κ2) is 3.30. The predicted molar refractivity (Wildman–Crippen MR) is 48.3 cm³/mol. The van der Waals surface area contributed by atoms with Gasteiger partial charge in [-0.25, -0.2) is 18.2 Å². The van der Waals surface area contributed by atoms with Crippen LogP contribution in [0.2, 0.25) is 0 Å². The van der Waals surface area contributed by atoms with Crippen molar-refractivity contribution in [2.24, 2.45) is 0 Å². The highest BCUT2D eigenvalue weighted by atomic mass is 19.2. The Kier molecular flexibility index (Phi) is 2.11. The number of nitrogen functional groups attached to an aromatic ring is 1. The van der Waals surface area contributed by atoms with E-state index in [1.807, 2.05) is 0 Å². The molecule has 0 unspecified atom stereocenters. The summed E-state index contributed by atoms with van der Waals surface area (Å²) in [6, 6.07) is 1.02. The molecule has 0 saturated heterocycles. The van der Waals surface area contributed by atoms with Gasteiger partial charge in [-0.05, 0) is 6.07 Å². The molecule has 6 heteroatoms. The van der Waals surface area contributed by atoms with Crippen LogP contribution in [0.25, 0.3) is 11.3 Å². The molecule has 78 valence electrons. The fourth-order valence-electron chi connectivity index (χ4n) is 1.22. The Morgan fingerprint density at radius 3 is 2.47 bits per heavy atom. The van der Waals surface area contributed by atoms with Gasteiger partial charge in [-0.15, -0.1) is 0 Å². The van der Waals surface area contributed by atoms with Gasteiger partial charge in [0.25, 0.3) is 0 Å². The van der Waals surface area contributed by atoms with E-state index in [0.29, 0.717) is 0 Å². The maximum Gasteiger partial charge on any atom is 0.197 e. The van der Waals surface area contributed by atoms with Gasteiger partial charge in [0, 0.05) is 5.56 Å². The molecule has 0 spiro atoms. The first-order valence-corrected chi connectivity index (χ1v) is 4.03. The summed E-state index contributed by atoms with van der Waals surface area (Å²) in [5.74, 6) is -4.25. The van der Waals surface area contributed by atoms with Gasteiger partial charge in [-0.2, -0.15) is 0 Å². The molecule has 15 heavy (non-hydrogen) atoms. The summed E-state index contributed by atoms with van der Waals surface area (Å²) in [6.45, 7) is 0. The minimum absolute atomic E-state index is 0.149. The average molecular weight is 213 g/mol. The molecule has 3 nitrogen and oxygen atoms in total. The summed E-state index contributed by atoms with van der Waals surface area (Å²) in [5, 5.41) is 0. The number of anilines is 1. The van der Waals surface area contributed by atoms with Crippen LogP contribution in [0.15, 0.2) is 18.6 Å². The average Bonchev–Trinajstić information content (AvgIpc) is 2.73. The van der Waals surface area contributed by atoms with Crippen molar-refractivity contribution in [3.8, 4) is 11.3 Å². The number of nitrogens with zero attached hydrogens (tertiary/aromatic N) is 1. The van der Waals surface area contributed by atoms with Crippen molar-refractivity contribution in [3.63, 3.8) is 0 Å². The summed E-state index contributed by atoms with van der Waals surface area (Å²) in [6.07, 6.45) is 2.58. The second-order valence-corrected chi connectivity index (χ2v) is 2.92. The Hall–Kier alpha value is -1.98. The molecular weight excluding hydrogens is 207 g/mol. The number of imidazole rings is 1. The summed E-state index contributed by atoms with van der Waals surface area (Å²) < 4.78 is 39.1. The molecule has 3 N–H and O–H groups in total. The van der Waals surface area contributed by atoms with Crippen LogP contribution in [0.1, 0.15) is 0 Å². The van der Waals surface area contributed by atoms with Crippen molar-refractivity contribution in [2.75, 3.05) is 5.73 Å². The van der Waals surface area contributed by atoms with Gasteiger partial charge in [-0.3, -0.25) is 0 Å². The largest absolute Gasteiger partial charge is 0.396 e. The maximum absolute atomic E-state index is 13.3. The summed E-state index contributed by atoms with van der Waals surface area (Å²) in [5.41, 5.74) is 4.82. The Morgan fingerprint density at radius 2 is 1.87 bits per heavy atom. The molecule has 2 aromatic rings. The van der Waals surface area contributed by atoms with E-state index < -0.39 is 23.1 Å². The number of aromatic nitrogens is 2. The molecule has 0 atom stereocenters. The maximum atomic E-state index is 13.3. The molecular formula is C9H6F3N3. The number of benzene rings is 1. The van der Waals surface area contributed by atoms with E-state index in [-0.39, 0.29) is 11.3 Å². The highest BCUT2D eigenvalue weighted by molar-refractivity contribution is 5.64. The van der Waals surface area contributed by atoms with Gasteiger partial charge in [0.1, 0.15) is 0 Å². The Morgan fingerprint density at radius 1 is 1.13 bits per heavy atom. The molecule has 0 bridgehead atoms. The lowest BCUT2D eigenvalue weighted by Crippen LogP contribution is -2.00. The van der Waals surface area contributed by atoms with Crippen LogP contribution in [-0.2, 0) is 0 Å². The first-order valence-electron chi connectivity index (χ1n) is 4.03. The fourth-order valence-corrected chi connectivity index (χ4v) is 1.22. The molecule has 1 aromatic carbocycles. The van der Waals surface area contributed by atoms with Crippen molar-refractivity contribution in [2.45, 2.75) is 0 Å². The standard InChI is InChI=1S/C9H6F3N3/c10-7-4(6-2-14-3-15-6)1-5(13)8(11)9(7)12/h1-3H,13H2,(H,14,15). The number of H-pyrrole nitrogens is 1. The van der Waals surface area contributed by atoms with Crippen molar-refractivity contribution < 1.29 is 13.2 Å². The van der Waals surface area contributed by atoms with Gasteiger partial charge in [-0.1, -0.05) is 0 Å². The predicted octanol–water partition coefficient (Wildman–Crippen LogP) is 2.08. The van der Waals surface area contributed by atoms with E-state index in [4.69, 9.17) is 5.73 Å². The Balaban J connectivity index is 2.69. The molecule has 1 aromatic heterocycles. The number of hydrogen-bond acceptors (Lipinski definition) is 2. The molecule has 0 aliphatic rings. The monoisotopic (exact) mass is 213 g/mol. The fraction of sp³-hybridized carbons (Fsp3) is 0. The van der Waals surface area contributed by atoms with Gasteiger partial charge in [0.15, 0.2) is 17.5 Å². The van der Waals surface area contributed by atoms with Crippen LogP contribution in [0.4, 0.5) is 18.9 Å². The molecule has 0 radical (unpaired) electrons. The van der Waals surface area contributed by atoms with E-state index in [2.05, 4.69) is 9.97 Å². The van der Waals surface area contributed by atoms with Crippen LogP contribution < -0.4 is 5.73 Å². The Labute approximate surface area is 82.8 Å². The van der Waals surface area contributed by atoms with E-state index in [1.165, 1.54) is 12.5 Å². The van der Waals surface area contributed by atoms with Crippen LogP contribution in [-0.4, -0.2) is 9.97 Å². The van der Waals surface area contributed by atoms with Gasteiger partial charge < -0.3 is 10.7 Å². The summed E-state index contributed by atoms with van der Waals surface area (Å²) in [4.78, 5) is 6.21. The number of rotatable bonds is 1. The molecule has 0 fully saturated rings. The number of nitrogens with one attached hydrogen (secondary N) is 1. The van der Waals surface area contributed by atoms with Gasteiger partial charge >= 0.3 is 0 Å². The summed E-state index contributed by atoms with van der Waals surface area (Å²) >= 11 is 0. The molecule has 0 saturated carbocycles. The SMILES string of the molecule is Nc1cc(-c2cnc[nH]2)c(F)c(F)c1F. The van der Waals surface area contributed by atoms with E-state index in [9.17, 15) is 13.2 Å². The molecule has 0 aliphatic heterocycles. The summed E-state index contributed by atoms with van der Waals surface area (Å²) in [7, 11) is 0. The lowest BCUT2D eigenvalue weighted by atomic mass is 10.1. The van der Waals surface area contributed by atoms with Crippen molar-refractivity contribution in [3.05, 3.63) is 36.0 Å². The third-order valence-electron chi connectivity index (χ3n) is 1.96. The van der Waals surface area contributed by atoms with Crippen LogP contribution in [0.3, 0.4) is 0 Å². The van der Waals surface area contributed by atoms with E-state index >= 15 is 0 Å². The van der Waals surface area contributed by atoms with Crippen LogP contribution in [0, 0.1) is 17.5 Å². The minimum atomic E-state index is -1.58. The number of halogens is 3. The lowest BCUT2D eigenvalue weighted by molar-refractivity contribution is 0.451. The van der Waals surface area contributed by atoms with Crippen molar-refractivity contribution in [1.29, 1.82) is 0 Å². The molecule has 1 heterocycles. The van der Waals surface area contributed by atoms with Gasteiger partial charge in [0.05, 0.1) is 23.9 Å². The quantitative estimate of drug-likeness (QED) is 0.562. The number of aromatic amines is 1. The first-order chi connectivity index (χ1) is 7.11. The second-order valence-electron chi connectivity index (χ2n) is 2.92. The van der Waals surface area contributed by atoms with Gasteiger partial charge in [0.2, 0.25) is 0 Å². The zero-order chi connectivity index (χ0) is 11.0. The van der Waals surface area contributed by atoms with E-state index in [1.54, 1.807) is 0 Å². The molecule has 2 rings (SSSR count). The Bertz CT molecular complexity index is 494. The highest BCUT2D eigenvalue weighted by Crippen LogP contribution is 2.27. The van der Waals surface area contributed by atoms with E-state index in [0.717, 1.165) is 6.07 Å². The smallest absolute Gasteiger partial charge is 0.197 e. The van der Waals surface area contributed by atoms with Crippen molar-refractivity contribution >= 4 is 5.69 Å². The topological polar surface area (TPSA) is 54.7 Å². The van der Waals surface area contributed by atoms with Crippen molar-refractivity contribution in [1.82, 2.24) is 9.97 Å². The van der Waals surface area contributed by atoms with Crippen LogP contribution in [0.5, 0.6) is 0 Å². The minimum Gasteiger partial charge on any atom is -0.396 e. The zero-order valence-electron chi connectivity index (χ0n) is 7.39. The normalized spacial score (nSPS) is 10.6. The molecule has 0 amide bonds. The van der Waals surface area contributed by atoms with Crippen LogP contribution >= 0.6 is 0 Å². The third-order valence-corrected chi connectivity index (χ3v) is 1.96. The lowest BCUT2D eigenvalue weighted by Gasteiger charge is -2.04. The number of nitrogens with two attached hydrogens (primary N) is 1. The number of hydrogen-bond donors (Lipinski definition) is 2.